The van der Waals surface area contributed by atoms with Crippen molar-refractivity contribution in [3.05, 3.63) is 30.0 Å². The second-order valence-corrected chi connectivity index (χ2v) is 3.26. The zero-order valence-corrected chi connectivity index (χ0v) is 9.43. The second kappa shape index (κ2) is 4.65. The lowest BCUT2D eigenvalue weighted by Gasteiger charge is -2.07. The fourth-order valence-electron chi connectivity index (χ4n) is 1.48. The van der Waals surface area contributed by atoms with Crippen LogP contribution in [0.15, 0.2) is 24.4 Å². The van der Waals surface area contributed by atoms with E-state index in [0.29, 0.717) is 17.0 Å². The van der Waals surface area contributed by atoms with Crippen LogP contribution in [0.5, 0.6) is 5.75 Å². The third-order valence-electron chi connectivity index (χ3n) is 2.32. The molecule has 0 aliphatic carbocycles. The van der Waals surface area contributed by atoms with Crippen molar-refractivity contribution in [3.8, 4) is 17.0 Å². The number of rotatable bonds is 3. The number of nitrogens with zero attached hydrogens (tertiary/aromatic N) is 2. The molecule has 0 bridgehead atoms. The minimum atomic E-state index is -0.452. The van der Waals surface area contributed by atoms with Crippen LogP contribution in [0.2, 0.25) is 0 Å². The van der Waals surface area contributed by atoms with E-state index in [-0.39, 0.29) is 0 Å². The van der Waals surface area contributed by atoms with E-state index in [4.69, 9.17) is 4.74 Å². The lowest BCUT2D eigenvalue weighted by molar-refractivity contribution is 0.0597. The van der Waals surface area contributed by atoms with Gasteiger partial charge in [-0.3, -0.25) is 0 Å². The van der Waals surface area contributed by atoms with E-state index in [9.17, 15) is 4.79 Å². The summed E-state index contributed by atoms with van der Waals surface area (Å²) in [6.45, 7) is 0. The zero-order chi connectivity index (χ0) is 12.3. The zero-order valence-electron chi connectivity index (χ0n) is 9.43. The summed E-state index contributed by atoms with van der Waals surface area (Å²) in [7, 11) is 2.82. The van der Waals surface area contributed by atoms with Crippen LogP contribution >= 0.6 is 0 Å². The van der Waals surface area contributed by atoms with Gasteiger partial charge in [0.15, 0.2) is 0 Å². The van der Waals surface area contributed by atoms with Crippen LogP contribution in [0, 0.1) is 0 Å². The molecular weight excluding hydrogens is 222 g/mol. The van der Waals surface area contributed by atoms with E-state index in [1.807, 2.05) is 0 Å². The Kier molecular flexibility index (Phi) is 3.04. The van der Waals surface area contributed by atoms with Gasteiger partial charge in [0.25, 0.3) is 0 Å². The molecule has 17 heavy (non-hydrogen) atoms. The molecule has 1 N–H and O–H groups in total. The molecule has 1 heterocycles. The largest absolute Gasteiger partial charge is 0.496 e. The highest BCUT2D eigenvalue weighted by molar-refractivity contribution is 5.93. The normalized spacial score (nSPS) is 10.0. The first-order valence-corrected chi connectivity index (χ1v) is 4.88. The van der Waals surface area contributed by atoms with Crippen molar-refractivity contribution in [2.75, 3.05) is 14.2 Å². The predicted molar refractivity (Wildman–Crippen MR) is 59.7 cm³/mol. The number of H-pyrrole nitrogens is 1. The number of ether oxygens (including phenoxy) is 2. The fourth-order valence-corrected chi connectivity index (χ4v) is 1.48. The molecule has 6 heteroatoms. The average molecular weight is 233 g/mol. The van der Waals surface area contributed by atoms with Gasteiger partial charge in [-0.1, -0.05) is 0 Å². The fraction of sp³-hybridized carbons (Fsp3) is 0.182. The monoisotopic (exact) mass is 233 g/mol. The van der Waals surface area contributed by atoms with Crippen molar-refractivity contribution in [3.63, 3.8) is 0 Å². The van der Waals surface area contributed by atoms with Gasteiger partial charge in [-0.25, -0.2) is 4.79 Å². The molecule has 6 nitrogen and oxygen atoms in total. The molecule has 2 aromatic rings. The van der Waals surface area contributed by atoms with Crippen molar-refractivity contribution >= 4 is 5.97 Å². The molecule has 1 aromatic heterocycles. The quantitative estimate of drug-likeness (QED) is 0.808. The van der Waals surface area contributed by atoms with E-state index in [1.54, 1.807) is 24.4 Å². The number of esters is 1. The summed E-state index contributed by atoms with van der Waals surface area (Å²) in [5.74, 6) is 0.0105. The highest BCUT2D eigenvalue weighted by atomic mass is 16.5. The van der Waals surface area contributed by atoms with Crippen LogP contribution in [0.25, 0.3) is 11.3 Å². The lowest BCUT2D eigenvalue weighted by Crippen LogP contribution is -2.04. The van der Waals surface area contributed by atoms with Gasteiger partial charge in [0, 0.05) is 5.56 Å². The van der Waals surface area contributed by atoms with E-state index in [1.165, 1.54) is 14.2 Å². The Morgan fingerprint density at radius 1 is 1.35 bits per heavy atom. The summed E-state index contributed by atoms with van der Waals surface area (Å²) in [6, 6.07) is 5.14. The number of benzene rings is 1. The molecule has 0 radical (unpaired) electrons. The van der Waals surface area contributed by atoms with Gasteiger partial charge in [0.2, 0.25) is 0 Å². The first-order valence-electron chi connectivity index (χ1n) is 4.88. The Morgan fingerprint density at radius 3 is 2.76 bits per heavy atom. The average Bonchev–Trinajstić information content (AvgIpc) is 2.91. The summed E-state index contributed by atoms with van der Waals surface area (Å²) >= 11 is 0. The standard InChI is InChI=1S/C11H11N3O3/c1-16-10-4-3-7(9-6-12-14-13-9)5-8(10)11(15)17-2/h3-6H,1-2H3,(H,12,13,14). The molecule has 0 aliphatic heterocycles. The van der Waals surface area contributed by atoms with Gasteiger partial charge in [0.05, 0.1) is 20.4 Å². The number of nitrogens with one attached hydrogen (secondary N) is 1. The number of carbonyl (C=O) groups is 1. The molecular formula is C11H11N3O3. The van der Waals surface area contributed by atoms with Crippen LogP contribution in [-0.2, 0) is 4.74 Å². The smallest absolute Gasteiger partial charge is 0.341 e. The van der Waals surface area contributed by atoms with Gasteiger partial charge in [-0.05, 0) is 18.2 Å². The number of hydrogen-bond acceptors (Lipinski definition) is 5. The number of hydrogen-bond donors (Lipinski definition) is 1. The number of aromatic amines is 1. The Balaban J connectivity index is 2.48. The van der Waals surface area contributed by atoms with Gasteiger partial charge in [0.1, 0.15) is 17.0 Å². The van der Waals surface area contributed by atoms with Gasteiger partial charge in [-0.2, -0.15) is 15.4 Å². The van der Waals surface area contributed by atoms with Crippen molar-refractivity contribution in [1.29, 1.82) is 0 Å². The Hall–Kier alpha value is -2.37. The summed E-state index contributed by atoms with van der Waals surface area (Å²) in [5.41, 5.74) is 1.77. The maximum atomic E-state index is 11.6. The minimum absolute atomic E-state index is 0.357. The first kappa shape index (κ1) is 11.1. The van der Waals surface area contributed by atoms with E-state index in [2.05, 4.69) is 20.1 Å². The maximum absolute atomic E-state index is 11.6. The molecule has 1 aromatic carbocycles. The summed E-state index contributed by atoms with van der Waals surface area (Å²) in [6.07, 6.45) is 1.57. The van der Waals surface area contributed by atoms with Crippen LogP contribution in [0.4, 0.5) is 0 Å². The van der Waals surface area contributed by atoms with Gasteiger partial charge in [-0.15, -0.1) is 0 Å². The number of aromatic nitrogens is 3. The SMILES string of the molecule is COC(=O)c1cc(-c2cn[nH]n2)ccc1OC. The first-order chi connectivity index (χ1) is 8.26. The van der Waals surface area contributed by atoms with E-state index in [0.717, 1.165) is 5.56 Å². The highest BCUT2D eigenvalue weighted by Crippen LogP contribution is 2.25. The summed E-state index contributed by atoms with van der Waals surface area (Å²) in [4.78, 5) is 11.6. The van der Waals surface area contributed by atoms with Crippen LogP contribution in [0.3, 0.4) is 0 Å². The second-order valence-electron chi connectivity index (χ2n) is 3.26. The molecule has 0 amide bonds. The third kappa shape index (κ3) is 2.10. The summed E-state index contributed by atoms with van der Waals surface area (Å²) < 4.78 is 9.78. The molecule has 0 fully saturated rings. The molecule has 88 valence electrons. The van der Waals surface area contributed by atoms with Crippen LogP contribution in [0.1, 0.15) is 10.4 Å². The van der Waals surface area contributed by atoms with Gasteiger partial charge >= 0.3 is 5.97 Å². The van der Waals surface area contributed by atoms with Crippen molar-refractivity contribution in [1.82, 2.24) is 15.4 Å². The van der Waals surface area contributed by atoms with E-state index < -0.39 is 5.97 Å². The Bertz CT molecular complexity index is 523. The van der Waals surface area contributed by atoms with E-state index >= 15 is 0 Å². The molecule has 0 saturated carbocycles. The molecule has 2 rings (SSSR count). The Labute approximate surface area is 97.6 Å². The maximum Gasteiger partial charge on any atom is 0.341 e. The van der Waals surface area contributed by atoms with Crippen LogP contribution in [-0.4, -0.2) is 35.6 Å². The molecule has 0 aliphatic rings. The Morgan fingerprint density at radius 2 is 2.18 bits per heavy atom. The number of methoxy groups -OCH3 is 2. The molecule has 0 spiro atoms. The van der Waals surface area contributed by atoms with Crippen LogP contribution < -0.4 is 4.74 Å². The van der Waals surface area contributed by atoms with Crippen molar-refractivity contribution in [2.24, 2.45) is 0 Å². The van der Waals surface area contributed by atoms with Crippen molar-refractivity contribution in [2.45, 2.75) is 0 Å². The molecule has 0 unspecified atom stereocenters. The third-order valence-corrected chi connectivity index (χ3v) is 2.32. The molecule has 0 saturated heterocycles. The number of carbonyl (C=O) groups excluding carboxylic acids is 1. The minimum Gasteiger partial charge on any atom is -0.496 e. The molecule has 0 atom stereocenters. The lowest BCUT2D eigenvalue weighted by atomic mass is 10.1. The topological polar surface area (TPSA) is 77.1 Å². The summed E-state index contributed by atoms with van der Waals surface area (Å²) in [5, 5.41) is 10.2. The van der Waals surface area contributed by atoms with Crippen molar-refractivity contribution < 1.29 is 14.3 Å². The highest BCUT2D eigenvalue weighted by Gasteiger charge is 2.14. The van der Waals surface area contributed by atoms with Gasteiger partial charge < -0.3 is 9.47 Å². The predicted octanol–water partition coefficient (Wildman–Crippen LogP) is 1.27.